The molecule has 0 saturated carbocycles. The van der Waals surface area contributed by atoms with Crippen LogP contribution in [0.15, 0.2) is 42.6 Å². The molecule has 0 bridgehead atoms. The van der Waals surface area contributed by atoms with Gasteiger partial charge in [0.05, 0.1) is 0 Å². The van der Waals surface area contributed by atoms with E-state index in [-0.39, 0.29) is 0 Å². The van der Waals surface area contributed by atoms with Crippen molar-refractivity contribution in [2.75, 3.05) is 18.0 Å². The summed E-state index contributed by atoms with van der Waals surface area (Å²) in [5, 5.41) is 20.6. The molecule has 0 amide bonds. The van der Waals surface area contributed by atoms with Crippen molar-refractivity contribution in [1.82, 2.24) is 15.5 Å². The van der Waals surface area contributed by atoms with E-state index in [1.165, 1.54) is 5.56 Å². The maximum Gasteiger partial charge on any atom is 0.181 e. The molecular weight excluding hydrogens is 314 g/mol. The van der Waals surface area contributed by atoms with E-state index in [2.05, 4.69) is 26.5 Å². The Kier molecular flexibility index (Phi) is 5.81. The van der Waals surface area contributed by atoms with Gasteiger partial charge in [-0.25, -0.2) is 0 Å². The standard InChI is InChI=1S/C19H23N5O/c1-15(12-20)25-18-8-6-16(7-9-18)13-21-17-4-3-11-24(14-17)19-5-2-10-22-23-19/h2,5-10,15,17,21H,3-4,11,13-14H2,1H3/t15-,17+/m1/s1. The molecule has 25 heavy (non-hydrogen) atoms. The van der Waals surface area contributed by atoms with E-state index in [0.29, 0.717) is 6.04 Å². The van der Waals surface area contributed by atoms with Crippen molar-refractivity contribution >= 4 is 5.82 Å². The summed E-state index contributed by atoms with van der Waals surface area (Å²) in [6, 6.07) is 14.3. The van der Waals surface area contributed by atoms with Crippen LogP contribution in [0.4, 0.5) is 5.82 Å². The predicted molar refractivity (Wildman–Crippen MR) is 96.3 cm³/mol. The molecule has 0 radical (unpaired) electrons. The van der Waals surface area contributed by atoms with Crippen LogP contribution in [0, 0.1) is 11.3 Å². The van der Waals surface area contributed by atoms with Gasteiger partial charge in [0.1, 0.15) is 11.8 Å². The second-order valence-electron chi connectivity index (χ2n) is 6.28. The minimum Gasteiger partial charge on any atom is -0.476 e. The molecule has 2 heterocycles. The number of nitrogens with one attached hydrogen (secondary N) is 1. The summed E-state index contributed by atoms with van der Waals surface area (Å²) < 4.78 is 5.47. The molecule has 6 heteroatoms. The molecular formula is C19H23N5O. The lowest BCUT2D eigenvalue weighted by molar-refractivity contribution is 0.276. The van der Waals surface area contributed by atoms with Gasteiger partial charge in [-0.05, 0) is 49.6 Å². The number of ether oxygens (including phenoxy) is 1. The molecule has 1 aliphatic rings. The van der Waals surface area contributed by atoms with Gasteiger partial charge < -0.3 is 15.0 Å². The van der Waals surface area contributed by atoms with Crippen molar-refractivity contribution in [2.45, 2.75) is 38.5 Å². The van der Waals surface area contributed by atoms with Crippen LogP contribution >= 0.6 is 0 Å². The molecule has 2 aromatic rings. The zero-order chi connectivity index (χ0) is 17.5. The third-order valence-corrected chi connectivity index (χ3v) is 4.32. The number of nitriles is 1. The van der Waals surface area contributed by atoms with E-state index in [9.17, 15) is 0 Å². The second kappa shape index (κ2) is 8.45. The fourth-order valence-corrected chi connectivity index (χ4v) is 2.99. The van der Waals surface area contributed by atoms with Crippen LogP contribution < -0.4 is 15.0 Å². The van der Waals surface area contributed by atoms with Crippen molar-refractivity contribution in [3.8, 4) is 11.8 Å². The van der Waals surface area contributed by atoms with Gasteiger partial charge in [0.25, 0.3) is 0 Å². The third-order valence-electron chi connectivity index (χ3n) is 4.32. The van der Waals surface area contributed by atoms with E-state index in [4.69, 9.17) is 10.00 Å². The number of hydrogen-bond donors (Lipinski definition) is 1. The fraction of sp³-hybridized carbons (Fsp3) is 0.421. The van der Waals surface area contributed by atoms with E-state index in [0.717, 1.165) is 44.0 Å². The van der Waals surface area contributed by atoms with E-state index < -0.39 is 6.10 Å². The number of piperidine rings is 1. The second-order valence-corrected chi connectivity index (χ2v) is 6.28. The molecule has 1 aromatic carbocycles. The van der Waals surface area contributed by atoms with Gasteiger partial charge in [0, 0.05) is 31.9 Å². The quantitative estimate of drug-likeness (QED) is 0.873. The average Bonchev–Trinajstić information content (AvgIpc) is 2.68. The number of anilines is 1. The van der Waals surface area contributed by atoms with Crippen molar-refractivity contribution in [3.05, 3.63) is 48.2 Å². The number of nitrogens with zero attached hydrogens (tertiary/aromatic N) is 4. The molecule has 1 aliphatic heterocycles. The molecule has 1 aromatic heterocycles. The lowest BCUT2D eigenvalue weighted by atomic mass is 10.1. The van der Waals surface area contributed by atoms with E-state index in [1.807, 2.05) is 36.4 Å². The van der Waals surface area contributed by atoms with Crippen LogP contribution in [0.2, 0.25) is 0 Å². The van der Waals surface area contributed by atoms with E-state index in [1.54, 1.807) is 13.1 Å². The number of hydrogen-bond acceptors (Lipinski definition) is 6. The molecule has 130 valence electrons. The Labute approximate surface area is 148 Å². The average molecular weight is 337 g/mol. The zero-order valence-electron chi connectivity index (χ0n) is 14.4. The first-order valence-corrected chi connectivity index (χ1v) is 8.66. The Morgan fingerprint density at radius 2 is 2.20 bits per heavy atom. The lowest BCUT2D eigenvalue weighted by Crippen LogP contribution is -2.45. The van der Waals surface area contributed by atoms with Gasteiger partial charge in [0.2, 0.25) is 0 Å². The Hall–Kier alpha value is -2.65. The third kappa shape index (κ3) is 4.91. The Bertz CT molecular complexity index is 698. The molecule has 0 aliphatic carbocycles. The highest BCUT2D eigenvalue weighted by molar-refractivity contribution is 5.37. The normalized spacial score (nSPS) is 18.4. The summed E-state index contributed by atoms with van der Waals surface area (Å²) in [7, 11) is 0. The van der Waals surface area contributed by atoms with Crippen molar-refractivity contribution in [2.24, 2.45) is 0 Å². The molecule has 2 atom stereocenters. The number of aromatic nitrogens is 2. The Morgan fingerprint density at radius 3 is 2.92 bits per heavy atom. The van der Waals surface area contributed by atoms with Gasteiger partial charge in [-0.1, -0.05) is 12.1 Å². The molecule has 1 saturated heterocycles. The van der Waals surface area contributed by atoms with Crippen molar-refractivity contribution in [3.63, 3.8) is 0 Å². The van der Waals surface area contributed by atoms with Crippen LogP contribution in [0.1, 0.15) is 25.3 Å². The smallest absolute Gasteiger partial charge is 0.181 e. The monoisotopic (exact) mass is 337 g/mol. The summed E-state index contributed by atoms with van der Waals surface area (Å²) in [6.07, 6.45) is 3.58. The first-order valence-electron chi connectivity index (χ1n) is 8.66. The topological polar surface area (TPSA) is 74.1 Å². The van der Waals surface area contributed by atoms with Gasteiger partial charge in [0.15, 0.2) is 11.9 Å². The van der Waals surface area contributed by atoms with Crippen molar-refractivity contribution < 1.29 is 4.74 Å². The summed E-state index contributed by atoms with van der Waals surface area (Å²) in [4.78, 5) is 2.29. The molecule has 0 spiro atoms. The molecule has 6 nitrogen and oxygen atoms in total. The van der Waals surface area contributed by atoms with Crippen LogP contribution in [-0.2, 0) is 6.54 Å². The van der Waals surface area contributed by atoms with E-state index >= 15 is 0 Å². The van der Waals surface area contributed by atoms with Crippen molar-refractivity contribution in [1.29, 1.82) is 5.26 Å². The maximum atomic E-state index is 8.79. The lowest BCUT2D eigenvalue weighted by Gasteiger charge is -2.33. The van der Waals surface area contributed by atoms with Crippen LogP contribution in [-0.4, -0.2) is 35.4 Å². The summed E-state index contributed by atoms with van der Waals surface area (Å²) in [6.45, 7) is 4.52. The molecule has 3 rings (SSSR count). The summed E-state index contributed by atoms with van der Waals surface area (Å²) in [5.74, 6) is 1.67. The van der Waals surface area contributed by atoms with Crippen LogP contribution in [0.5, 0.6) is 5.75 Å². The van der Waals surface area contributed by atoms with Gasteiger partial charge in [-0.15, -0.1) is 5.10 Å². The SMILES string of the molecule is C[C@H](C#N)Oc1ccc(CN[C@H]2CCCN(c3cccnn3)C2)cc1. The van der Waals surface area contributed by atoms with Gasteiger partial charge in [-0.2, -0.15) is 10.4 Å². The zero-order valence-corrected chi connectivity index (χ0v) is 14.4. The maximum absolute atomic E-state index is 8.79. The van der Waals surface area contributed by atoms with Crippen LogP contribution in [0.25, 0.3) is 0 Å². The highest BCUT2D eigenvalue weighted by Crippen LogP contribution is 2.18. The fourth-order valence-electron chi connectivity index (χ4n) is 2.99. The van der Waals surface area contributed by atoms with Crippen LogP contribution in [0.3, 0.4) is 0 Å². The highest BCUT2D eigenvalue weighted by Gasteiger charge is 2.20. The molecule has 1 fully saturated rings. The van der Waals surface area contributed by atoms with Gasteiger partial charge in [-0.3, -0.25) is 0 Å². The molecule has 0 unspecified atom stereocenters. The summed E-state index contributed by atoms with van der Waals surface area (Å²) in [5.41, 5.74) is 1.20. The predicted octanol–water partition coefficient (Wildman–Crippen LogP) is 2.53. The van der Waals surface area contributed by atoms with Gasteiger partial charge >= 0.3 is 0 Å². The highest BCUT2D eigenvalue weighted by atomic mass is 16.5. The minimum atomic E-state index is -0.432. The summed E-state index contributed by atoms with van der Waals surface area (Å²) >= 11 is 0. The first-order chi connectivity index (χ1) is 12.2. The first kappa shape index (κ1) is 17.2. The number of rotatable bonds is 6. The Morgan fingerprint density at radius 1 is 1.36 bits per heavy atom. The number of benzene rings is 1. The minimum absolute atomic E-state index is 0.432. The largest absolute Gasteiger partial charge is 0.476 e. The molecule has 1 N–H and O–H groups in total. The Balaban J connectivity index is 1.50.